The summed E-state index contributed by atoms with van der Waals surface area (Å²) < 4.78 is 0. The highest BCUT2D eigenvalue weighted by atomic mass is 16.4. The van der Waals surface area contributed by atoms with Crippen LogP contribution in [0.3, 0.4) is 0 Å². The fourth-order valence-corrected chi connectivity index (χ4v) is 3.78. The van der Waals surface area contributed by atoms with Crippen molar-refractivity contribution in [3.05, 3.63) is 0 Å². The van der Waals surface area contributed by atoms with E-state index in [1.165, 1.54) is 0 Å². The van der Waals surface area contributed by atoms with Crippen LogP contribution in [0.2, 0.25) is 0 Å². The molecule has 1 heterocycles. The highest BCUT2D eigenvalue weighted by Crippen LogP contribution is 2.09. The topological polar surface area (TPSA) is 273 Å². The van der Waals surface area contributed by atoms with Crippen LogP contribution in [0.4, 0.5) is 0 Å². The van der Waals surface area contributed by atoms with E-state index in [4.69, 9.17) is 17.2 Å². The fourth-order valence-electron chi connectivity index (χ4n) is 3.78. The third-order valence-electron chi connectivity index (χ3n) is 5.86. The minimum absolute atomic E-state index is 0.109. The van der Waals surface area contributed by atoms with Gasteiger partial charge >= 0.3 is 5.97 Å². The number of amides is 5. The molecule has 0 saturated carbocycles. The number of guanidine groups is 1. The molecule has 0 unspecified atom stereocenters. The van der Waals surface area contributed by atoms with Crippen molar-refractivity contribution in [1.82, 2.24) is 26.6 Å². The number of hydrogen-bond acceptors (Lipinski definition) is 8. The summed E-state index contributed by atoms with van der Waals surface area (Å²) in [7, 11) is 0. The summed E-state index contributed by atoms with van der Waals surface area (Å²) in [5, 5.41) is 21.6. The first-order valence-corrected chi connectivity index (χ1v) is 12.8. The van der Waals surface area contributed by atoms with Crippen molar-refractivity contribution in [3.63, 3.8) is 0 Å². The van der Waals surface area contributed by atoms with Gasteiger partial charge in [0.1, 0.15) is 24.2 Å². The van der Waals surface area contributed by atoms with Crippen LogP contribution in [0.25, 0.3) is 0 Å². The van der Waals surface area contributed by atoms with Crippen LogP contribution in [0, 0.1) is 5.92 Å². The molecule has 1 fully saturated rings. The molecule has 0 aromatic heterocycles. The first kappa shape index (κ1) is 33.1. The number of carbonyl (C=O) groups excluding carboxylic acids is 5. The summed E-state index contributed by atoms with van der Waals surface area (Å²) in [4.78, 5) is 79.9. The zero-order chi connectivity index (χ0) is 29.5. The van der Waals surface area contributed by atoms with Gasteiger partial charge in [-0.15, -0.1) is 0 Å². The average molecular weight is 556 g/mol. The van der Waals surface area contributed by atoms with E-state index in [1.807, 2.05) is 0 Å². The third kappa shape index (κ3) is 12.4. The van der Waals surface area contributed by atoms with Gasteiger partial charge in [0, 0.05) is 6.54 Å². The lowest BCUT2D eigenvalue weighted by molar-refractivity contribution is -0.141. The highest BCUT2D eigenvalue weighted by Gasteiger charge is 2.33. The van der Waals surface area contributed by atoms with Gasteiger partial charge in [0.25, 0.3) is 0 Å². The van der Waals surface area contributed by atoms with Crippen LogP contribution in [0.15, 0.2) is 4.99 Å². The van der Waals surface area contributed by atoms with Gasteiger partial charge < -0.3 is 48.9 Å². The molecule has 39 heavy (non-hydrogen) atoms. The van der Waals surface area contributed by atoms with E-state index in [9.17, 15) is 33.9 Å². The number of aliphatic imine (C=N–C) groups is 1. The Hall–Kier alpha value is -3.95. The van der Waals surface area contributed by atoms with Crippen LogP contribution in [0.5, 0.6) is 0 Å². The maximum atomic E-state index is 13.2. The standard InChI is InChI=1S/C23H41N9O7/c1-12(2)18-22(39)31-13(7-5-9-27-23(25)26)19(36)28-11-16(33)29-15(10-17(34)35)21(38)30-14(20(37)32-18)6-3-4-8-24/h12-15,18H,3-11,24H2,1-2H3,(H,28,36)(H,29,33)(H,30,38)(H,31,39)(H,32,37)(H,34,35)(H4,25,26,27)/t13-,14+,15-,18-/m0/s1. The van der Waals surface area contributed by atoms with Gasteiger partial charge in [-0.05, 0) is 44.6 Å². The highest BCUT2D eigenvalue weighted by molar-refractivity contribution is 5.98. The predicted octanol–water partition coefficient (Wildman–Crippen LogP) is -3.63. The maximum Gasteiger partial charge on any atom is 0.305 e. The van der Waals surface area contributed by atoms with E-state index in [-0.39, 0.29) is 25.3 Å². The zero-order valence-electron chi connectivity index (χ0n) is 22.3. The quantitative estimate of drug-likeness (QED) is 0.0685. The molecule has 0 aromatic rings. The van der Waals surface area contributed by atoms with Crippen molar-refractivity contribution in [2.45, 2.75) is 76.5 Å². The van der Waals surface area contributed by atoms with E-state index >= 15 is 0 Å². The molecule has 1 aliphatic heterocycles. The number of nitrogens with zero attached hydrogens (tertiary/aromatic N) is 1. The Morgan fingerprint density at radius 1 is 0.872 bits per heavy atom. The summed E-state index contributed by atoms with van der Waals surface area (Å²) >= 11 is 0. The van der Waals surface area contributed by atoms with E-state index in [1.54, 1.807) is 13.8 Å². The first-order valence-electron chi connectivity index (χ1n) is 12.8. The second kappa shape index (κ2) is 16.8. The van der Waals surface area contributed by atoms with Gasteiger partial charge in [0.2, 0.25) is 29.5 Å². The Bertz CT molecular complexity index is 922. The fraction of sp³-hybridized carbons (Fsp3) is 0.696. The molecule has 0 aliphatic carbocycles. The van der Waals surface area contributed by atoms with Gasteiger partial charge in [-0.3, -0.25) is 33.8 Å². The molecule has 16 nitrogen and oxygen atoms in total. The van der Waals surface area contributed by atoms with Gasteiger partial charge in [-0.25, -0.2) is 0 Å². The summed E-state index contributed by atoms with van der Waals surface area (Å²) in [5.41, 5.74) is 16.2. The van der Waals surface area contributed by atoms with Crippen molar-refractivity contribution in [2.75, 3.05) is 19.6 Å². The first-order chi connectivity index (χ1) is 18.3. The van der Waals surface area contributed by atoms with E-state index < -0.39 is 78.6 Å². The molecule has 0 radical (unpaired) electrons. The second-order valence-electron chi connectivity index (χ2n) is 9.52. The van der Waals surface area contributed by atoms with Crippen molar-refractivity contribution in [3.8, 4) is 0 Å². The lowest BCUT2D eigenvalue weighted by Crippen LogP contribution is -2.59. The van der Waals surface area contributed by atoms with Gasteiger partial charge in [-0.1, -0.05) is 13.8 Å². The number of aliphatic carboxylic acids is 1. The number of nitrogens with two attached hydrogens (primary N) is 3. The van der Waals surface area contributed by atoms with Gasteiger partial charge in [0.15, 0.2) is 5.96 Å². The molecule has 1 saturated heterocycles. The predicted molar refractivity (Wildman–Crippen MR) is 141 cm³/mol. The molecular weight excluding hydrogens is 514 g/mol. The number of nitrogens with one attached hydrogen (secondary N) is 5. The zero-order valence-corrected chi connectivity index (χ0v) is 22.3. The lowest BCUT2D eigenvalue weighted by Gasteiger charge is -2.27. The van der Waals surface area contributed by atoms with Crippen LogP contribution in [-0.4, -0.2) is 90.4 Å². The largest absolute Gasteiger partial charge is 0.481 e. The number of carboxylic acids is 1. The molecule has 0 bridgehead atoms. The number of hydrogen-bond donors (Lipinski definition) is 9. The third-order valence-corrected chi connectivity index (χ3v) is 5.86. The number of carbonyl (C=O) groups is 6. The number of rotatable bonds is 11. The minimum atomic E-state index is -1.52. The Morgan fingerprint density at radius 3 is 2.05 bits per heavy atom. The summed E-state index contributed by atoms with van der Waals surface area (Å²) in [6, 6.07) is -4.82. The SMILES string of the molecule is CC(C)[C@@H]1NC(=O)[C@@H](CCCCN)NC(=O)[C@H](CC(=O)O)NC(=O)CNC(=O)[C@H](CCCN=C(N)N)NC1=O. The summed E-state index contributed by atoms with van der Waals surface area (Å²) in [6.45, 7) is 3.33. The van der Waals surface area contributed by atoms with E-state index in [0.29, 0.717) is 25.8 Å². The Labute approximate surface area is 226 Å². The van der Waals surface area contributed by atoms with E-state index in [0.717, 1.165) is 0 Å². The van der Waals surface area contributed by atoms with Crippen LogP contribution < -0.4 is 43.8 Å². The molecule has 0 spiro atoms. The van der Waals surface area contributed by atoms with Crippen molar-refractivity contribution in [1.29, 1.82) is 0 Å². The molecular formula is C23H41N9O7. The Balaban J connectivity index is 3.33. The second-order valence-corrected chi connectivity index (χ2v) is 9.52. The van der Waals surface area contributed by atoms with Crippen molar-refractivity contribution in [2.24, 2.45) is 28.1 Å². The molecule has 16 heteroatoms. The van der Waals surface area contributed by atoms with Gasteiger partial charge in [0.05, 0.1) is 13.0 Å². The van der Waals surface area contributed by atoms with Gasteiger partial charge in [-0.2, -0.15) is 0 Å². The average Bonchev–Trinajstić information content (AvgIpc) is 2.85. The molecule has 220 valence electrons. The monoisotopic (exact) mass is 555 g/mol. The molecule has 1 aliphatic rings. The summed E-state index contributed by atoms with van der Waals surface area (Å²) in [5.74, 6) is -5.67. The van der Waals surface area contributed by atoms with Crippen molar-refractivity contribution >= 4 is 41.5 Å². The molecule has 4 atom stereocenters. The normalized spacial score (nSPS) is 23.3. The number of carboxylic acid groups (broad SMARTS) is 1. The van der Waals surface area contributed by atoms with Crippen LogP contribution in [-0.2, 0) is 28.8 Å². The Morgan fingerprint density at radius 2 is 1.46 bits per heavy atom. The molecule has 0 aromatic carbocycles. The molecule has 1 rings (SSSR count). The van der Waals surface area contributed by atoms with Crippen molar-refractivity contribution < 1.29 is 33.9 Å². The van der Waals surface area contributed by atoms with Crippen LogP contribution >= 0.6 is 0 Å². The maximum absolute atomic E-state index is 13.2. The van der Waals surface area contributed by atoms with E-state index in [2.05, 4.69) is 31.6 Å². The molecule has 5 amide bonds. The number of unbranched alkanes of at least 4 members (excludes halogenated alkanes) is 1. The smallest absolute Gasteiger partial charge is 0.305 e. The minimum Gasteiger partial charge on any atom is -0.481 e. The summed E-state index contributed by atoms with van der Waals surface area (Å²) in [6.07, 6.45) is 0.826. The Kier molecular flexibility index (Phi) is 14.3. The van der Waals surface area contributed by atoms with Crippen LogP contribution in [0.1, 0.15) is 52.4 Å². The molecule has 12 N–H and O–H groups in total. The lowest BCUT2D eigenvalue weighted by atomic mass is 10.0.